The second kappa shape index (κ2) is 7.61. The molecule has 27 heavy (non-hydrogen) atoms. The Hall–Kier alpha value is -3.15. The van der Waals surface area contributed by atoms with E-state index in [2.05, 4.69) is 10.7 Å². The van der Waals surface area contributed by atoms with Crippen molar-refractivity contribution in [3.8, 4) is 0 Å². The van der Waals surface area contributed by atoms with Crippen LogP contribution in [0, 0.1) is 0 Å². The molecule has 1 aliphatic rings. The molecule has 0 bridgehead atoms. The highest BCUT2D eigenvalue weighted by Crippen LogP contribution is 2.22. The number of carbonyl (C=O) groups is 3. The molecule has 0 aliphatic carbocycles. The van der Waals surface area contributed by atoms with Crippen LogP contribution in [0.1, 0.15) is 41.8 Å². The summed E-state index contributed by atoms with van der Waals surface area (Å²) in [5.74, 6) is -0.949. The van der Waals surface area contributed by atoms with Crippen LogP contribution in [0.3, 0.4) is 0 Å². The highest BCUT2D eigenvalue weighted by Gasteiger charge is 2.48. The van der Waals surface area contributed by atoms with E-state index in [1.807, 2.05) is 49.4 Å². The average Bonchev–Trinajstić information content (AvgIpc) is 2.90. The van der Waals surface area contributed by atoms with Gasteiger partial charge in [0.2, 0.25) is 0 Å². The van der Waals surface area contributed by atoms with Crippen molar-refractivity contribution in [1.82, 2.24) is 15.8 Å². The summed E-state index contributed by atoms with van der Waals surface area (Å²) in [6, 6.07) is 16.2. The van der Waals surface area contributed by atoms with Crippen LogP contribution < -0.4 is 10.7 Å². The van der Waals surface area contributed by atoms with Crippen LogP contribution in [0.5, 0.6) is 0 Å². The molecule has 2 aromatic carbocycles. The predicted molar refractivity (Wildman–Crippen MR) is 102 cm³/mol. The lowest BCUT2D eigenvalue weighted by molar-refractivity contribution is -0.132. The van der Waals surface area contributed by atoms with Crippen LogP contribution in [0.2, 0.25) is 0 Å². The van der Waals surface area contributed by atoms with Gasteiger partial charge in [-0.2, -0.15) is 5.01 Å². The number of aryl methyl sites for hydroxylation is 2. The number of hydrogen-bond donors (Lipinski definition) is 2. The first kappa shape index (κ1) is 18.6. The van der Waals surface area contributed by atoms with E-state index in [1.165, 1.54) is 0 Å². The van der Waals surface area contributed by atoms with E-state index in [0.29, 0.717) is 18.4 Å². The normalized spacial score (nSPS) is 19.1. The number of nitrogens with zero attached hydrogens (tertiary/aromatic N) is 1. The van der Waals surface area contributed by atoms with Gasteiger partial charge in [0.15, 0.2) is 0 Å². The van der Waals surface area contributed by atoms with Crippen molar-refractivity contribution < 1.29 is 14.4 Å². The summed E-state index contributed by atoms with van der Waals surface area (Å²) < 4.78 is 0. The van der Waals surface area contributed by atoms with Gasteiger partial charge in [0.05, 0.1) is 0 Å². The van der Waals surface area contributed by atoms with E-state index in [-0.39, 0.29) is 0 Å². The predicted octanol–water partition coefficient (Wildman–Crippen LogP) is 2.84. The van der Waals surface area contributed by atoms with Crippen LogP contribution >= 0.6 is 0 Å². The van der Waals surface area contributed by atoms with E-state index in [0.717, 1.165) is 22.6 Å². The molecule has 4 amide bonds. The first-order chi connectivity index (χ1) is 12.9. The minimum atomic E-state index is -1.05. The zero-order valence-corrected chi connectivity index (χ0v) is 15.5. The van der Waals surface area contributed by atoms with Crippen molar-refractivity contribution in [2.24, 2.45) is 0 Å². The average molecular weight is 365 g/mol. The van der Waals surface area contributed by atoms with Crippen LogP contribution in [0.25, 0.3) is 0 Å². The summed E-state index contributed by atoms with van der Waals surface area (Å²) >= 11 is 0. The fraction of sp³-hybridized carbons (Fsp3) is 0.286. The zero-order valence-electron chi connectivity index (χ0n) is 15.5. The Morgan fingerprint density at radius 3 is 2.33 bits per heavy atom. The van der Waals surface area contributed by atoms with Crippen molar-refractivity contribution in [3.05, 3.63) is 71.3 Å². The molecular weight excluding hydrogens is 342 g/mol. The highest BCUT2D eigenvalue weighted by molar-refractivity contribution is 6.09. The van der Waals surface area contributed by atoms with Crippen molar-refractivity contribution in [2.45, 2.75) is 38.6 Å². The molecule has 6 heteroatoms. The van der Waals surface area contributed by atoms with Gasteiger partial charge < -0.3 is 5.32 Å². The van der Waals surface area contributed by atoms with Crippen LogP contribution in [-0.4, -0.2) is 28.4 Å². The number of urea groups is 1. The molecule has 3 rings (SSSR count). The first-order valence-electron chi connectivity index (χ1n) is 9.03. The number of benzene rings is 2. The molecule has 0 radical (unpaired) electrons. The van der Waals surface area contributed by atoms with Gasteiger partial charge >= 0.3 is 6.03 Å². The van der Waals surface area contributed by atoms with Gasteiger partial charge in [-0.15, -0.1) is 0 Å². The van der Waals surface area contributed by atoms with Crippen molar-refractivity contribution in [1.29, 1.82) is 0 Å². The Labute approximate surface area is 158 Å². The number of amides is 4. The fourth-order valence-corrected chi connectivity index (χ4v) is 3.05. The number of carbonyl (C=O) groups excluding carboxylic acids is 3. The van der Waals surface area contributed by atoms with E-state index in [9.17, 15) is 14.4 Å². The molecule has 2 aromatic rings. The van der Waals surface area contributed by atoms with E-state index < -0.39 is 23.4 Å². The Morgan fingerprint density at radius 2 is 1.70 bits per heavy atom. The number of rotatable bonds is 6. The van der Waals surface area contributed by atoms with Crippen LogP contribution in [-0.2, 0) is 17.6 Å². The topological polar surface area (TPSA) is 78.5 Å². The minimum absolute atomic E-state index is 0.394. The third-order valence-electron chi connectivity index (χ3n) is 4.86. The molecule has 0 spiro atoms. The second-order valence-corrected chi connectivity index (χ2v) is 6.88. The Bertz CT molecular complexity index is 849. The second-order valence-electron chi connectivity index (χ2n) is 6.88. The Kier molecular flexibility index (Phi) is 5.26. The lowest BCUT2D eigenvalue weighted by atomic mass is 9.93. The largest absolute Gasteiger partial charge is 0.344 e. The lowest BCUT2D eigenvalue weighted by Crippen LogP contribution is -2.48. The maximum Gasteiger partial charge on any atom is 0.344 e. The summed E-state index contributed by atoms with van der Waals surface area (Å²) in [5, 5.41) is 3.48. The molecule has 0 aromatic heterocycles. The summed E-state index contributed by atoms with van der Waals surface area (Å²) in [4.78, 5) is 37.4. The van der Waals surface area contributed by atoms with Gasteiger partial charge in [-0.25, -0.2) is 4.79 Å². The molecule has 1 heterocycles. The smallest absolute Gasteiger partial charge is 0.322 e. The quantitative estimate of drug-likeness (QED) is 0.773. The Morgan fingerprint density at radius 1 is 1.04 bits per heavy atom. The number of imide groups is 1. The third-order valence-corrected chi connectivity index (χ3v) is 4.86. The van der Waals surface area contributed by atoms with Gasteiger partial charge in [-0.3, -0.25) is 15.0 Å². The maximum absolute atomic E-state index is 12.8. The van der Waals surface area contributed by atoms with Crippen molar-refractivity contribution >= 4 is 17.8 Å². The van der Waals surface area contributed by atoms with Crippen LogP contribution in [0.15, 0.2) is 54.6 Å². The SMILES string of the molecule is CCc1ccc(C(=O)NN2C(=O)N[C@@](C)(CCc3ccccc3)C2=O)cc1. The molecule has 1 fully saturated rings. The van der Waals surface area contributed by atoms with Crippen LogP contribution in [0.4, 0.5) is 4.79 Å². The van der Waals surface area contributed by atoms with Gasteiger partial charge in [0.25, 0.3) is 11.8 Å². The zero-order chi connectivity index (χ0) is 19.4. The van der Waals surface area contributed by atoms with E-state index in [1.54, 1.807) is 19.1 Å². The lowest BCUT2D eigenvalue weighted by Gasteiger charge is -2.21. The van der Waals surface area contributed by atoms with Gasteiger partial charge in [0, 0.05) is 5.56 Å². The number of hydrazine groups is 1. The van der Waals surface area contributed by atoms with Crippen molar-refractivity contribution in [3.63, 3.8) is 0 Å². The molecule has 0 unspecified atom stereocenters. The molecular formula is C21H23N3O3. The maximum atomic E-state index is 12.8. The molecule has 140 valence electrons. The van der Waals surface area contributed by atoms with Gasteiger partial charge in [0.1, 0.15) is 5.54 Å². The van der Waals surface area contributed by atoms with E-state index >= 15 is 0 Å². The van der Waals surface area contributed by atoms with E-state index in [4.69, 9.17) is 0 Å². The van der Waals surface area contributed by atoms with Crippen molar-refractivity contribution in [2.75, 3.05) is 0 Å². The molecule has 6 nitrogen and oxygen atoms in total. The number of hydrogen-bond acceptors (Lipinski definition) is 3. The standard InChI is InChI=1S/C21H23N3O3/c1-3-15-9-11-17(12-10-15)18(25)23-24-19(26)21(2,22-20(24)27)14-13-16-7-5-4-6-8-16/h4-12H,3,13-14H2,1-2H3,(H,22,27)(H,23,25)/t21-/m0/s1. The monoisotopic (exact) mass is 365 g/mol. The highest BCUT2D eigenvalue weighted by atomic mass is 16.2. The fourth-order valence-electron chi connectivity index (χ4n) is 3.05. The number of nitrogens with one attached hydrogen (secondary N) is 2. The van der Waals surface area contributed by atoms with Gasteiger partial charge in [-0.1, -0.05) is 49.4 Å². The molecule has 0 saturated carbocycles. The molecule has 2 N–H and O–H groups in total. The third kappa shape index (κ3) is 4.00. The molecule has 1 saturated heterocycles. The summed E-state index contributed by atoms with van der Waals surface area (Å²) in [6.45, 7) is 3.71. The first-order valence-corrected chi connectivity index (χ1v) is 9.03. The Balaban J connectivity index is 1.66. The van der Waals surface area contributed by atoms with Gasteiger partial charge in [-0.05, 0) is 49.4 Å². The molecule has 1 aliphatic heterocycles. The summed E-state index contributed by atoms with van der Waals surface area (Å²) in [5.41, 5.74) is 3.95. The summed E-state index contributed by atoms with van der Waals surface area (Å²) in [6.07, 6.45) is 1.96. The molecule has 1 atom stereocenters. The minimum Gasteiger partial charge on any atom is -0.322 e. The summed E-state index contributed by atoms with van der Waals surface area (Å²) in [7, 11) is 0.